The molecule has 0 saturated heterocycles. The number of aryl methyl sites for hydroxylation is 2. The number of nitrogens with one attached hydrogen (secondary N) is 1. The molecule has 6 heteroatoms. The molecule has 4 rings (SSSR count). The Morgan fingerprint density at radius 3 is 2.72 bits per heavy atom. The summed E-state index contributed by atoms with van der Waals surface area (Å²) in [7, 11) is 0. The molecule has 0 aliphatic heterocycles. The number of imidazole rings is 1. The predicted octanol–water partition coefficient (Wildman–Crippen LogP) is 5.55. The van der Waals surface area contributed by atoms with Crippen LogP contribution in [0.1, 0.15) is 28.2 Å². The van der Waals surface area contributed by atoms with Crippen molar-refractivity contribution in [3.63, 3.8) is 0 Å². The van der Waals surface area contributed by atoms with E-state index in [9.17, 15) is 4.79 Å². The van der Waals surface area contributed by atoms with Crippen LogP contribution in [0.2, 0.25) is 0 Å². The third kappa shape index (κ3) is 5.37. The number of rotatable bonds is 9. The van der Waals surface area contributed by atoms with E-state index < -0.39 is 0 Å². The predicted molar refractivity (Wildman–Crippen MR) is 131 cm³/mol. The molecule has 1 N–H and O–H groups in total. The molecule has 5 nitrogen and oxygen atoms in total. The molecule has 0 unspecified atom stereocenters. The maximum atomic E-state index is 12.4. The van der Waals surface area contributed by atoms with Gasteiger partial charge in [0.1, 0.15) is 18.2 Å². The van der Waals surface area contributed by atoms with Gasteiger partial charge >= 0.3 is 0 Å². The lowest BCUT2D eigenvalue weighted by molar-refractivity contribution is 0.0953. The van der Waals surface area contributed by atoms with Gasteiger partial charge in [-0.15, -0.1) is 0 Å². The van der Waals surface area contributed by atoms with Gasteiger partial charge in [0, 0.05) is 23.0 Å². The zero-order valence-electron chi connectivity index (χ0n) is 18.1. The van der Waals surface area contributed by atoms with Gasteiger partial charge in [-0.3, -0.25) is 4.79 Å². The summed E-state index contributed by atoms with van der Waals surface area (Å²) in [5.74, 6) is 1.86. The summed E-state index contributed by atoms with van der Waals surface area (Å²) in [6, 6.07) is 23.6. The highest BCUT2D eigenvalue weighted by Crippen LogP contribution is 2.19. The third-order valence-corrected chi connectivity index (χ3v) is 5.84. The Balaban J connectivity index is 1.37. The second-order valence-electron chi connectivity index (χ2n) is 7.65. The van der Waals surface area contributed by atoms with Crippen molar-refractivity contribution >= 4 is 32.9 Å². The van der Waals surface area contributed by atoms with Gasteiger partial charge in [0.05, 0.1) is 17.6 Å². The zero-order valence-corrected chi connectivity index (χ0v) is 19.6. The highest BCUT2D eigenvalue weighted by Gasteiger charge is 2.11. The van der Waals surface area contributed by atoms with Crippen molar-refractivity contribution in [1.29, 1.82) is 0 Å². The summed E-state index contributed by atoms with van der Waals surface area (Å²) < 4.78 is 9.14. The summed E-state index contributed by atoms with van der Waals surface area (Å²) in [5, 5.41) is 3.00. The number of carbonyl (C=O) groups is 1. The molecule has 1 aromatic heterocycles. The monoisotopic (exact) mass is 491 g/mol. The van der Waals surface area contributed by atoms with E-state index in [1.807, 2.05) is 60.7 Å². The number of fused-ring (bicyclic) bond motifs is 1. The van der Waals surface area contributed by atoms with E-state index >= 15 is 0 Å². The van der Waals surface area contributed by atoms with Gasteiger partial charge < -0.3 is 14.6 Å². The summed E-state index contributed by atoms with van der Waals surface area (Å²) in [5.41, 5.74) is 3.87. The molecule has 0 aliphatic rings. The molecule has 0 spiro atoms. The van der Waals surface area contributed by atoms with Gasteiger partial charge in [-0.05, 0) is 55.3 Å². The summed E-state index contributed by atoms with van der Waals surface area (Å²) in [4.78, 5) is 17.2. The maximum absolute atomic E-state index is 12.4. The van der Waals surface area contributed by atoms with Crippen LogP contribution in [-0.4, -0.2) is 28.6 Å². The number of halogens is 1. The largest absolute Gasteiger partial charge is 0.491 e. The number of aromatic nitrogens is 2. The Hall–Kier alpha value is -3.12. The average molecular weight is 492 g/mol. The fourth-order valence-corrected chi connectivity index (χ4v) is 4.11. The minimum Gasteiger partial charge on any atom is -0.491 e. The molecule has 1 heterocycles. The lowest BCUT2D eigenvalue weighted by atomic mass is 10.2. The molecule has 0 aliphatic carbocycles. The number of hydrogen-bond acceptors (Lipinski definition) is 3. The topological polar surface area (TPSA) is 56.1 Å². The van der Waals surface area contributed by atoms with Gasteiger partial charge in [0.25, 0.3) is 5.91 Å². The molecule has 3 aromatic carbocycles. The Kier molecular flexibility index (Phi) is 7.22. The lowest BCUT2D eigenvalue weighted by Gasteiger charge is -2.12. The average Bonchev–Trinajstić information content (AvgIpc) is 3.15. The molecule has 0 radical (unpaired) electrons. The first-order valence-corrected chi connectivity index (χ1v) is 11.6. The van der Waals surface area contributed by atoms with E-state index in [-0.39, 0.29) is 5.91 Å². The standard InChI is InChI=1S/C26H26BrN3O2/c1-19-8-2-5-13-24(19)32-17-16-30-23-12-4-3-11-22(23)29-25(30)14-7-15-28-26(31)20-9-6-10-21(27)18-20/h2-6,8-13,18H,7,14-17H2,1H3,(H,28,31). The van der Waals surface area contributed by atoms with Crippen LogP contribution in [0.3, 0.4) is 0 Å². The van der Waals surface area contributed by atoms with Gasteiger partial charge in [0.15, 0.2) is 0 Å². The molecular formula is C26H26BrN3O2. The van der Waals surface area contributed by atoms with E-state index in [1.54, 1.807) is 0 Å². The number of benzene rings is 3. The van der Waals surface area contributed by atoms with Crippen LogP contribution in [0.4, 0.5) is 0 Å². The summed E-state index contributed by atoms with van der Waals surface area (Å²) in [6.45, 7) is 3.93. The van der Waals surface area contributed by atoms with Crippen LogP contribution in [0.5, 0.6) is 5.75 Å². The molecule has 0 bridgehead atoms. The first-order valence-electron chi connectivity index (χ1n) is 10.8. The van der Waals surface area contributed by atoms with Gasteiger partial charge in [-0.2, -0.15) is 0 Å². The Morgan fingerprint density at radius 2 is 1.88 bits per heavy atom. The van der Waals surface area contributed by atoms with Crippen molar-refractivity contribution in [2.45, 2.75) is 26.3 Å². The van der Waals surface area contributed by atoms with Crippen molar-refractivity contribution < 1.29 is 9.53 Å². The molecule has 0 saturated carbocycles. The minimum absolute atomic E-state index is 0.0635. The number of para-hydroxylation sites is 3. The number of nitrogens with zero attached hydrogens (tertiary/aromatic N) is 2. The molecular weight excluding hydrogens is 466 g/mol. The summed E-state index contributed by atoms with van der Waals surface area (Å²) in [6.07, 6.45) is 1.58. The van der Waals surface area contributed by atoms with E-state index in [1.165, 1.54) is 0 Å². The van der Waals surface area contributed by atoms with Crippen LogP contribution >= 0.6 is 15.9 Å². The van der Waals surface area contributed by atoms with Crippen LogP contribution in [0.15, 0.2) is 77.3 Å². The molecule has 4 aromatic rings. The number of amides is 1. The first kappa shape index (κ1) is 22.1. The quantitative estimate of drug-likeness (QED) is 0.312. The summed E-state index contributed by atoms with van der Waals surface area (Å²) >= 11 is 3.41. The van der Waals surface area contributed by atoms with Gasteiger partial charge in [0.2, 0.25) is 0 Å². The maximum Gasteiger partial charge on any atom is 0.251 e. The van der Waals surface area contributed by atoms with Crippen LogP contribution in [-0.2, 0) is 13.0 Å². The second-order valence-corrected chi connectivity index (χ2v) is 8.57. The van der Waals surface area contributed by atoms with Gasteiger partial charge in [-0.1, -0.05) is 52.3 Å². The van der Waals surface area contributed by atoms with Crippen molar-refractivity contribution in [3.8, 4) is 5.75 Å². The molecule has 0 fully saturated rings. The fraction of sp³-hybridized carbons (Fsp3) is 0.231. The van der Waals surface area contributed by atoms with Gasteiger partial charge in [-0.25, -0.2) is 4.98 Å². The zero-order chi connectivity index (χ0) is 22.3. The van der Waals surface area contributed by atoms with E-state index in [2.05, 4.69) is 44.9 Å². The SMILES string of the molecule is Cc1ccccc1OCCn1c(CCCNC(=O)c2cccc(Br)c2)nc2ccccc21. The molecule has 32 heavy (non-hydrogen) atoms. The Bertz CT molecular complexity index is 1220. The van der Waals surface area contributed by atoms with Crippen molar-refractivity contribution in [1.82, 2.24) is 14.9 Å². The van der Waals surface area contributed by atoms with Crippen molar-refractivity contribution in [3.05, 3.63) is 94.2 Å². The van der Waals surface area contributed by atoms with Crippen LogP contribution < -0.4 is 10.1 Å². The van der Waals surface area contributed by atoms with Crippen LogP contribution in [0.25, 0.3) is 11.0 Å². The Labute approximate surface area is 196 Å². The number of ether oxygens (including phenoxy) is 1. The van der Waals surface area contributed by atoms with Crippen molar-refractivity contribution in [2.75, 3.05) is 13.2 Å². The highest BCUT2D eigenvalue weighted by atomic mass is 79.9. The third-order valence-electron chi connectivity index (χ3n) is 5.35. The first-order chi connectivity index (χ1) is 15.6. The second kappa shape index (κ2) is 10.5. The normalized spacial score (nSPS) is 10.9. The smallest absolute Gasteiger partial charge is 0.251 e. The highest BCUT2D eigenvalue weighted by molar-refractivity contribution is 9.10. The Morgan fingerprint density at radius 1 is 1.06 bits per heavy atom. The number of carbonyl (C=O) groups excluding carboxylic acids is 1. The van der Waals surface area contributed by atoms with Crippen LogP contribution in [0, 0.1) is 6.92 Å². The van der Waals surface area contributed by atoms with E-state index in [0.717, 1.165) is 45.5 Å². The van der Waals surface area contributed by atoms with E-state index in [0.29, 0.717) is 25.3 Å². The molecule has 1 amide bonds. The van der Waals surface area contributed by atoms with E-state index in [4.69, 9.17) is 9.72 Å². The molecule has 164 valence electrons. The fourth-order valence-electron chi connectivity index (χ4n) is 3.71. The number of hydrogen-bond donors (Lipinski definition) is 1. The molecule has 0 atom stereocenters. The minimum atomic E-state index is -0.0635. The van der Waals surface area contributed by atoms with Crippen molar-refractivity contribution in [2.24, 2.45) is 0 Å². The lowest BCUT2D eigenvalue weighted by Crippen LogP contribution is -2.25.